The first-order valence-corrected chi connectivity index (χ1v) is 6.22. The molecule has 1 spiro atoms. The summed E-state index contributed by atoms with van der Waals surface area (Å²) >= 11 is 0. The highest BCUT2D eigenvalue weighted by Crippen LogP contribution is 2.79. The standard InChI is InChI=1S/C13H22O/c1-8-4-5-9(2)13-7-6-12(3,14)11(13)10(8)13/h8-11,14H,4-7H2,1-3H3/t8?,9?,10?,11?,12-,13?/m0/s1. The Bertz CT molecular complexity index is 270. The van der Waals surface area contributed by atoms with Crippen molar-refractivity contribution >= 4 is 0 Å². The van der Waals surface area contributed by atoms with Gasteiger partial charge in [-0.15, -0.1) is 0 Å². The Morgan fingerprint density at radius 1 is 1.14 bits per heavy atom. The Labute approximate surface area is 86.9 Å². The summed E-state index contributed by atoms with van der Waals surface area (Å²) < 4.78 is 0. The third kappa shape index (κ3) is 0.816. The predicted octanol–water partition coefficient (Wildman–Crippen LogP) is 2.83. The number of fused-ring (bicyclic) bond motifs is 1. The zero-order valence-electron chi connectivity index (χ0n) is 9.59. The summed E-state index contributed by atoms with van der Waals surface area (Å²) in [6.45, 7) is 6.89. The van der Waals surface area contributed by atoms with E-state index in [0.29, 0.717) is 11.3 Å². The summed E-state index contributed by atoms with van der Waals surface area (Å²) in [5.41, 5.74) is 0.235. The van der Waals surface area contributed by atoms with Gasteiger partial charge in [0.15, 0.2) is 0 Å². The monoisotopic (exact) mass is 194 g/mol. The van der Waals surface area contributed by atoms with Gasteiger partial charge in [0, 0.05) is 0 Å². The SMILES string of the molecule is CC1CCC(C)C23CC[C@](C)(O)C2C13. The van der Waals surface area contributed by atoms with Gasteiger partial charge >= 0.3 is 0 Å². The van der Waals surface area contributed by atoms with Gasteiger partial charge in [0.25, 0.3) is 0 Å². The van der Waals surface area contributed by atoms with Crippen molar-refractivity contribution in [1.29, 1.82) is 0 Å². The molecule has 0 saturated heterocycles. The van der Waals surface area contributed by atoms with Crippen LogP contribution in [0, 0.1) is 29.1 Å². The molecule has 1 nitrogen and oxygen atoms in total. The molecule has 3 rings (SSSR count). The minimum Gasteiger partial charge on any atom is -0.390 e. The van der Waals surface area contributed by atoms with Crippen LogP contribution in [0.4, 0.5) is 0 Å². The second kappa shape index (κ2) is 2.37. The zero-order chi connectivity index (χ0) is 10.1. The minimum absolute atomic E-state index is 0.336. The van der Waals surface area contributed by atoms with Crippen LogP contribution in [0.1, 0.15) is 46.5 Å². The third-order valence-electron chi connectivity index (χ3n) is 5.77. The van der Waals surface area contributed by atoms with E-state index in [0.717, 1.165) is 24.2 Å². The molecule has 0 aromatic carbocycles. The van der Waals surface area contributed by atoms with Crippen LogP contribution in [0.25, 0.3) is 0 Å². The predicted molar refractivity (Wildman–Crippen MR) is 56.8 cm³/mol. The molecule has 5 unspecified atom stereocenters. The van der Waals surface area contributed by atoms with Crippen molar-refractivity contribution in [1.82, 2.24) is 0 Å². The van der Waals surface area contributed by atoms with Gasteiger partial charge in [-0.25, -0.2) is 0 Å². The first-order valence-electron chi connectivity index (χ1n) is 6.22. The lowest BCUT2D eigenvalue weighted by Gasteiger charge is -2.32. The second-order valence-corrected chi connectivity index (χ2v) is 6.43. The average Bonchev–Trinajstić information content (AvgIpc) is 2.75. The van der Waals surface area contributed by atoms with Crippen LogP contribution >= 0.6 is 0 Å². The fraction of sp³-hybridized carbons (Fsp3) is 1.00. The number of hydrogen-bond acceptors (Lipinski definition) is 1. The normalized spacial score (nSPS) is 66.0. The Hall–Kier alpha value is -0.0400. The van der Waals surface area contributed by atoms with Gasteiger partial charge in [0.05, 0.1) is 5.60 Å². The van der Waals surface area contributed by atoms with Crippen molar-refractivity contribution < 1.29 is 5.11 Å². The molecule has 3 aliphatic rings. The lowest BCUT2D eigenvalue weighted by molar-refractivity contribution is 0.0328. The molecule has 0 bridgehead atoms. The summed E-state index contributed by atoms with van der Waals surface area (Å²) in [6.07, 6.45) is 5.12. The van der Waals surface area contributed by atoms with Gasteiger partial charge in [-0.3, -0.25) is 0 Å². The molecule has 1 N–H and O–H groups in total. The van der Waals surface area contributed by atoms with Gasteiger partial charge < -0.3 is 5.11 Å². The van der Waals surface area contributed by atoms with Gasteiger partial charge in [0.1, 0.15) is 0 Å². The lowest BCUT2D eigenvalue weighted by Crippen LogP contribution is -2.26. The fourth-order valence-electron chi connectivity index (χ4n) is 5.10. The van der Waals surface area contributed by atoms with Gasteiger partial charge in [-0.1, -0.05) is 20.3 Å². The second-order valence-electron chi connectivity index (χ2n) is 6.43. The van der Waals surface area contributed by atoms with Crippen molar-refractivity contribution in [3.05, 3.63) is 0 Å². The smallest absolute Gasteiger partial charge is 0.0656 e. The van der Waals surface area contributed by atoms with E-state index in [4.69, 9.17) is 0 Å². The highest BCUT2D eigenvalue weighted by Gasteiger charge is 2.77. The van der Waals surface area contributed by atoms with Crippen LogP contribution in [-0.2, 0) is 0 Å². The van der Waals surface area contributed by atoms with Crippen LogP contribution in [0.5, 0.6) is 0 Å². The molecule has 3 aliphatic carbocycles. The van der Waals surface area contributed by atoms with Crippen molar-refractivity contribution in [2.24, 2.45) is 29.1 Å². The van der Waals surface area contributed by atoms with Crippen LogP contribution in [0.15, 0.2) is 0 Å². The van der Waals surface area contributed by atoms with E-state index in [9.17, 15) is 5.11 Å². The molecule has 0 aromatic rings. The lowest BCUT2D eigenvalue weighted by atomic mass is 9.73. The minimum atomic E-state index is -0.336. The van der Waals surface area contributed by atoms with E-state index in [2.05, 4.69) is 20.8 Å². The molecule has 1 heteroatoms. The zero-order valence-corrected chi connectivity index (χ0v) is 9.59. The summed E-state index contributed by atoms with van der Waals surface area (Å²) in [6, 6.07) is 0. The molecular formula is C13H22O. The van der Waals surface area contributed by atoms with Crippen molar-refractivity contribution in [2.45, 2.75) is 52.1 Å². The summed E-state index contributed by atoms with van der Waals surface area (Å²) in [5.74, 6) is 3.23. The Balaban J connectivity index is 1.96. The van der Waals surface area contributed by atoms with Crippen molar-refractivity contribution in [2.75, 3.05) is 0 Å². The quantitative estimate of drug-likeness (QED) is 0.628. The van der Waals surface area contributed by atoms with Crippen molar-refractivity contribution in [3.63, 3.8) is 0 Å². The molecule has 3 fully saturated rings. The van der Waals surface area contributed by atoms with Gasteiger partial charge in [-0.05, 0) is 55.3 Å². The summed E-state index contributed by atoms with van der Waals surface area (Å²) in [4.78, 5) is 0. The number of rotatable bonds is 0. The fourth-order valence-corrected chi connectivity index (χ4v) is 5.10. The molecule has 3 saturated carbocycles. The highest BCUT2D eigenvalue weighted by atomic mass is 16.3. The first kappa shape index (κ1) is 9.21. The Kier molecular flexibility index (Phi) is 1.56. The Morgan fingerprint density at radius 3 is 2.50 bits per heavy atom. The summed E-state index contributed by atoms with van der Waals surface area (Å²) in [5, 5.41) is 10.4. The molecule has 0 aromatic heterocycles. The van der Waals surface area contributed by atoms with Crippen LogP contribution in [-0.4, -0.2) is 10.7 Å². The highest BCUT2D eigenvalue weighted by molar-refractivity contribution is 5.25. The van der Waals surface area contributed by atoms with Crippen LogP contribution in [0.2, 0.25) is 0 Å². The molecule has 14 heavy (non-hydrogen) atoms. The first-order chi connectivity index (χ1) is 6.50. The largest absolute Gasteiger partial charge is 0.390 e. The van der Waals surface area contributed by atoms with Crippen LogP contribution < -0.4 is 0 Å². The molecule has 0 heterocycles. The van der Waals surface area contributed by atoms with Gasteiger partial charge in [0.2, 0.25) is 0 Å². The maximum atomic E-state index is 10.4. The molecular weight excluding hydrogens is 172 g/mol. The van der Waals surface area contributed by atoms with E-state index < -0.39 is 0 Å². The van der Waals surface area contributed by atoms with E-state index in [1.54, 1.807) is 0 Å². The van der Waals surface area contributed by atoms with E-state index >= 15 is 0 Å². The molecule has 0 radical (unpaired) electrons. The molecule has 0 amide bonds. The Morgan fingerprint density at radius 2 is 1.86 bits per heavy atom. The van der Waals surface area contributed by atoms with E-state index in [-0.39, 0.29) is 5.60 Å². The maximum absolute atomic E-state index is 10.4. The molecule has 80 valence electrons. The topological polar surface area (TPSA) is 20.2 Å². The van der Waals surface area contributed by atoms with Gasteiger partial charge in [-0.2, -0.15) is 0 Å². The van der Waals surface area contributed by atoms with Crippen molar-refractivity contribution in [3.8, 4) is 0 Å². The number of hydrogen-bond donors (Lipinski definition) is 1. The number of aliphatic hydroxyl groups is 1. The maximum Gasteiger partial charge on any atom is 0.0656 e. The van der Waals surface area contributed by atoms with Crippen LogP contribution in [0.3, 0.4) is 0 Å². The molecule has 0 aliphatic heterocycles. The van der Waals surface area contributed by atoms with E-state index in [1.807, 2.05) is 0 Å². The molecule has 6 atom stereocenters. The summed E-state index contributed by atoms with van der Waals surface area (Å²) in [7, 11) is 0. The third-order valence-corrected chi connectivity index (χ3v) is 5.77. The van der Waals surface area contributed by atoms with E-state index in [1.165, 1.54) is 19.3 Å². The average molecular weight is 194 g/mol.